The fourth-order valence-corrected chi connectivity index (χ4v) is 11.9. The van der Waals surface area contributed by atoms with E-state index >= 15 is 19.2 Å². The normalized spacial score (nSPS) is 25.2. The second-order valence-corrected chi connectivity index (χ2v) is 29.4. The Kier molecular flexibility index (Phi) is 35.4. The first kappa shape index (κ1) is 85.9. The predicted molar refractivity (Wildman–Crippen MR) is 375 cm³/mol. The van der Waals surface area contributed by atoms with Crippen molar-refractivity contribution >= 4 is 82.5 Å². The number of aliphatic hydroxyl groups excluding tert-OH is 1. The predicted octanol–water partition coefficient (Wildman–Crippen LogP) is 5.74. The molecule has 0 saturated carbocycles. The van der Waals surface area contributed by atoms with Gasteiger partial charge in [-0.1, -0.05) is 134 Å². The molecule has 0 aromatic heterocycles. The summed E-state index contributed by atoms with van der Waals surface area (Å²) in [6, 6.07) is -4.05. The number of nitrogens with one attached hydrogen (secondary N) is 4. The quantitative estimate of drug-likeness (QED) is 0.0627. The second kappa shape index (κ2) is 40.0. The molecule has 1 aliphatic rings. The third-order valence-corrected chi connectivity index (χ3v) is 17.5. The molecule has 25 nitrogen and oxygen atoms in total. The van der Waals surface area contributed by atoms with E-state index in [4.69, 9.17) is 26.4 Å². The molecule has 2 rings (SSSR count). The molecular formula is C71H118N10O15S. The number of nitrogens with zero attached hydrogens (tertiary/aromatic N) is 6. The summed E-state index contributed by atoms with van der Waals surface area (Å²) < 4.78 is 17.7. The van der Waals surface area contributed by atoms with Crippen LogP contribution in [0.3, 0.4) is 0 Å². The van der Waals surface area contributed by atoms with Crippen molar-refractivity contribution < 1.29 is 72.1 Å². The number of para-hydroxylation sites is 1. The Morgan fingerprint density at radius 2 is 0.979 bits per heavy atom. The Hall–Kier alpha value is -7.22. The topological polar surface area (TPSA) is 303 Å². The fourth-order valence-electron chi connectivity index (χ4n) is 11.6. The second-order valence-electron chi connectivity index (χ2n) is 29.0. The number of benzene rings is 1. The summed E-state index contributed by atoms with van der Waals surface area (Å²) in [7, 11) is 8.18. The van der Waals surface area contributed by atoms with Crippen molar-refractivity contribution in [2.24, 2.45) is 47.3 Å². The highest BCUT2D eigenvalue weighted by atomic mass is 32.1. The van der Waals surface area contributed by atoms with Gasteiger partial charge in [0.25, 0.3) is 5.91 Å². The SMILES string of the molecule is C/C=C/C[C@@H](C)[C@@H](O)[C@H]1C(=O)N[C@@H](C(C)OC(=S)Oc2ccccc2)C(=O)N(C)CC(=O)N(C)[C@@H](CC(C)C)C(=O)N[C@@H](CC(C)C)C(=O)N(C)[C@@H](CC(C)C)C(=O)N[C@@H](C)C(=O)O[C@H](C(C)C)C(=O)N(C)[C@@H](CC(C)C)C(=O)N[C@H](CC(C)C)C(=O)N(C)[C@@H](C(C)C)C(=O)N1C. The molecule has 1 unspecified atom stereocenters. The van der Waals surface area contributed by atoms with E-state index < -0.39 is 167 Å². The molecule has 1 heterocycles. The van der Waals surface area contributed by atoms with Gasteiger partial charge in [-0.15, -0.1) is 0 Å². The van der Waals surface area contributed by atoms with E-state index in [-0.39, 0.29) is 73.9 Å². The molecule has 1 aromatic carbocycles. The number of likely N-dealkylation sites (N-methyl/N-ethyl adjacent to an activating group) is 6. The maximum atomic E-state index is 15.4. The average Bonchev–Trinajstić information content (AvgIpc) is 0.810. The van der Waals surface area contributed by atoms with E-state index in [1.165, 1.54) is 75.7 Å². The van der Waals surface area contributed by atoms with Crippen LogP contribution in [0.5, 0.6) is 5.75 Å². The van der Waals surface area contributed by atoms with E-state index in [0.29, 0.717) is 0 Å². The Balaban J connectivity index is 3.14. The van der Waals surface area contributed by atoms with Crippen LogP contribution < -0.4 is 26.0 Å². The number of carbonyl (C=O) groups excluding carboxylic acids is 11. The zero-order chi connectivity index (χ0) is 74.4. The van der Waals surface area contributed by atoms with E-state index in [1.807, 2.05) is 69.2 Å². The summed E-state index contributed by atoms with van der Waals surface area (Å²) in [5.41, 5.74) is 0. The summed E-state index contributed by atoms with van der Waals surface area (Å²) in [5.74, 6) is -11.5. The lowest BCUT2D eigenvalue weighted by Gasteiger charge is -2.40. The number of allylic oxidation sites excluding steroid dienone is 2. The summed E-state index contributed by atoms with van der Waals surface area (Å²) in [6.45, 7) is 30.7. The molecule has 1 saturated heterocycles. The monoisotopic (exact) mass is 1380 g/mol. The molecule has 1 aliphatic heterocycles. The van der Waals surface area contributed by atoms with Gasteiger partial charge in [0.2, 0.25) is 53.2 Å². The number of esters is 1. The summed E-state index contributed by atoms with van der Waals surface area (Å²) in [6.07, 6.45) is -0.269. The molecule has 0 bridgehead atoms. The lowest BCUT2D eigenvalue weighted by Crippen LogP contribution is -2.64. The third kappa shape index (κ3) is 25.9. The smallest absolute Gasteiger partial charge is 0.358 e. The molecular weight excluding hydrogens is 1260 g/mol. The van der Waals surface area contributed by atoms with Gasteiger partial charge in [0.05, 0.1) is 12.6 Å². The van der Waals surface area contributed by atoms with Gasteiger partial charge in [-0.05, 0) is 119 Å². The van der Waals surface area contributed by atoms with Crippen LogP contribution in [-0.2, 0) is 62.2 Å². The van der Waals surface area contributed by atoms with Crippen molar-refractivity contribution in [2.45, 2.75) is 236 Å². The van der Waals surface area contributed by atoms with Crippen molar-refractivity contribution in [3.05, 3.63) is 42.5 Å². The fraction of sp³-hybridized carbons (Fsp3) is 0.718. The van der Waals surface area contributed by atoms with Crippen LogP contribution in [-0.4, -0.2) is 226 Å². The van der Waals surface area contributed by atoms with E-state index in [2.05, 4.69) is 21.3 Å². The third-order valence-electron chi connectivity index (χ3n) is 17.3. The van der Waals surface area contributed by atoms with Crippen LogP contribution in [0.15, 0.2) is 42.5 Å². The van der Waals surface area contributed by atoms with Gasteiger partial charge in [0.1, 0.15) is 66.2 Å². The van der Waals surface area contributed by atoms with Gasteiger partial charge in [-0.2, -0.15) is 0 Å². The maximum Gasteiger partial charge on any atom is 0.358 e. The lowest BCUT2D eigenvalue weighted by atomic mass is 9.91. The minimum Gasteiger partial charge on any atom is -0.451 e. The molecule has 5 N–H and O–H groups in total. The molecule has 0 spiro atoms. The van der Waals surface area contributed by atoms with Crippen LogP contribution >= 0.6 is 12.2 Å². The van der Waals surface area contributed by atoms with Crippen LogP contribution in [0, 0.1) is 47.3 Å². The van der Waals surface area contributed by atoms with Gasteiger partial charge in [0.15, 0.2) is 6.10 Å². The number of ether oxygens (including phenoxy) is 3. The Morgan fingerprint density at radius 3 is 1.42 bits per heavy atom. The van der Waals surface area contributed by atoms with Crippen molar-refractivity contribution in [3.63, 3.8) is 0 Å². The summed E-state index contributed by atoms with van der Waals surface area (Å²) in [5, 5.41) is 23.1. The molecule has 97 heavy (non-hydrogen) atoms. The minimum absolute atomic E-state index is 0.0672. The van der Waals surface area contributed by atoms with Crippen molar-refractivity contribution in [1.82, 2.24) is 50.7 Å². The largest absolute Gasteiger partial charge is 0.451 e. The zero-order valence-electron chi connectivity index (χ0n) is 62.3. The Morgan fingerprint density at radius 1 is 0.546 bits per heavy atom. The number of hydrogen-bond acceptors (Lipinski definition) is 16. The number of carbonyl (C=O) groups is 11. The van der Waals surface area contributed by atoms with Crippen molar-refractivity contribution in [1.29, 1.82) is 0 Å². The lowest BCUT2D eigenvalue weighted by molar-refractivity contribution is -0.166. The number of rotatable bonds is 19. The van der Waals surface area contributed by atoms with Gasteiger partial charge in [-0.25, -0.2) is 4.79 Å². The number of cyclic esters (lactones) is 1. The van der Waals surface area contributed by atoms with E-state index in [9.17, 15) is 38.7 Å². The van der Waals surface area contributed by atoms with E-state index in [1.54, 1.807) is 84.0 Å². The molecule has 10 amide bonds. The number of thiocarbonyl (C=S) groups is 1. The highest BCUT2D eigenvalue weighted by Gasteiger charge is 2.46. The molecule has 1 aromatic rings. The average molecular weight is 1380 g/mol. The van der Waals surface area contributed by atoms with Crippen LogP contribution in [0.25, 0.3) is 0 Å². The first-order valence-corrected chi connectivity index (χ1v) is 34.6. The molecule has 0 aliphatic carbocycles. The number of aliphatic hydroxyl groups is 1. The number of amides is 10. The van der Waals surface area contributed by atoms with Gasteiger partial charge in [0, 0.05) is 54.5 Å². The molecule has 26 heteroatoms. The molecule has 1 fully saturated rings. The summed E-state index contributed by atoms with van der Waals surface area (Å²) in [4.78, 5) is 171. The minimum atomic E-state index is -1.78. The zero-order valence-corrected chi connectivity index (χ0v) is 63.1. The van der Waals surface area contributed by atoms with E-state index in [0.717, 1.165) is 9.80 Å². The first-order chi connectivity index (χ1) is 45.0. The van der Waals surface area contributed by atoms with Crippen molar-refractivity contribution in [3.8, 4) is 5.75 Å². The first-order valence-electron chi connectivity index (χ1n) is 34.2. The maximum absolute atomic E-state index is 15.4. The van der Waals surface area contributed by atoms with Gasteiger partial charge < -0.3 is 70.0 Å². The molecule has 0 radical (unpaired) electrons. The van der Waals surface area contributed by atoms with Crippen LogP contribution in [0.1, 0.15) is 163 Å². The Bertz CT molecular complexity index is 2850. The van der Waals surface area contributed by atoms with Gasteiger partial charge in [-0.3, -0.25) is 47.9 Å². The van der Waals surface area contributed by atoms with Crippen LogP contribution in [0.2, 0.25) is 0 Å². The highest BCUT2D eigenvalue weighted by Crippen LogP contribution is 2.26. The molecule has 13 atom stereocenters. The van der Waals surface area contributed by atoms with Crippen LogP contribution in [0.4, 0.5) is 0 Å². The molecule has 548 valence electrons. The summed E-state index contributed by atoms with van der Waals surface area (Å²) >= 11 is 5.50. The van der Waals surface area contributed by atoms with Crippen molar-refractivity contribution in [2.75, 3.05) is 48.8 Å². The Labute approximate surface area is 582 Å². The van der Waals surface area contributed by atoms with Gasteiger partial charge >= 0.3 is 11.2 Å². The number of hydrogen-bond donors (Lipinski definition) is 5. The highest BCUT2D eigenvalue weighted by molar-refractivity contribution is 7.79. The standard InChI is InChI=1S/C71H118N10O15S/c1-25-26-30-46(16)59(83)58-64(87)75-56(48(18)94-71(97)95-49-31-28-27-29-32-49)67(90)76(19)38-55(82)77(20)52(35-41(6)7)62(85)73-50(33-39(2)3)65(88)78(21)53(36-42(8)9)61(84)72-47(17)70(93)96-60(45(14)15)69(92)79(22)54(37-43(10)11)63(86)74-51(34-40(4)5)66(89)80(23)57(44(12)13)68(91)81(58)24/h25-29,31-32,39-48,50-54,56-60,83H,30,33-38H2,1-24H3,(H,72,84)(H,73,85)(H,74,86)(H,75,87)/b26-25+/t46-,47+,48?,50+,51-,52+,53+,54+,56+,57+,58+,59-,60-/m1/s1.